The summed E-state index contributed by atoms with van der Waals surface area (Å²) in [5.74, 6) is -1.19. The molecule has 19 heavy (non-hydrogen) atoms. The van der Waals surface area contributed by atoms with Crippen molar-refractivity contribution in [3.05, 3.63) is 69.7 Å². The minimum absolute atomic E-state index is 0.304. The Bertz CT molecular complexity index is 599. The fourth-order valence-corrected chi connectivity index (χ4v) is 2.19. The van der Waals surface area contributed by atoms with Crippen molar-refractivity contribution in [2.75, 3.05) is 0 Å². The predicted molar refractivity (Wildman–Crippen MR) is 73.2 cm³/mol. The summed E-state index contributed by atoms with van der Waals surface area (Å²) in [4.78, 5) is 0. The van der Waals surface area contributed by atoms with E-state index < -0.39 is 17.7 Å². The molecular formula is C15H14ClF2N. The first-order chi connectivity index (χ1) is 8.99. The molecular weight excluding hydrogens is 268 g/mol. The summed E-state index contributed by atoms with van der Waals surface area (Å²) in [6, 6.07) is 9.04. The summed E-state index contributed by atoms with van der Waals surface area (Å²) < 4.78 is 26.9. The van der Waals surface area contributed by atoms with E-state index >= 15 is 0 Å². The fraction of sp³-hybridized carbons (Fsp3) is 0.200. The third-order valence-electron chi connectivity index (χ3n) is 3.08. The first-order valence-electron chi connectivity index (χ1n) is 5.93. The van der Waals surface area contributed by atoms with Gasteiger partial charge < -0.3 is 5.73 Å². The monoisotopic (exact) mass is 281 g/mol. The van der Waals surface area contributed by atoms with Crippen molar-refractivity contribution in [2.45, 2.75) is 19.4 Å². The summed E-state index contributed by atoms with van der Waals surface area (Å²) in [6.07, 6.45) is 0.404. The van der Waals surface area contributed by atoms with E-state index in [4.69, 9.17) is 17.3 Å². The maximum Gasteiger partial charge on any atom is 0.130 e. The van der Waals surface area contributed by atoms with Crippen LogP contribution in [0, 0.1) is 18.6 Å². The minimum Gasteiger partial charge on any atom is -0.324 e. The molecule has 0 aromatic heterocycles. The molecule has 0 heterocycles. The van der Waals surface area contributed by atoms with E-state index in [1.165, 1.54) is 6.07 Å². The highest BCUT2D eigenvalue weighted by molar-refractivity contribution is 6.31. The van der Waals surface area contributed by atoms with Crippen molar-refractivity contribution < 1.29 is 8.78 Å². The van der Waals surface area contributed by atoms with Gasteiger partial charge in [-0.1, -0.05) is 29.8 Å². The third kappa shape index (κ3) is 3.11. The number of halogens is 3. The number of hydrogen-bond acceptors (Lipinski definition) is 1. The summed E-state index contributed by atoms with van der Waals surface area (Å²) in [6.45, 7) is 1.58. The van der Waals surface area contributed by atoms with Gasteiger partial charge in [-0.25, -0.2) is 8.78 Å². The Kier molecular flexibility index (Phi) is 4.17. The van der Waals surface area contributed by atoms with Gasteiger partial charge in [-0.2, -0.15) is 0 Å². The highest BCUT2D eigenvalue weighted by Gasteiger charge is 2.15. The van der Waals surface area contributed by atoms with Gasteiger partial charge in [0.05, 0.1) is 0 Å². The Morgan fingerprint density at radius 1 is 1.16 bits per heavy atom. The first-order valence-corrected chi connectivity index (χ1v) is 6.31. The van der Waals surface area contributed by atoms with E-state index in [0.29, 0.717) is 22.6 Å². The van der Waals surface area contributed by atoms with Crippen LogP contribution in [0.4, 0.5) is 8.78 Å². The standard InChI is InChI=1S/C15H14ClF2N/c1-9-6-11(14(18)8-13(9)17)15(19)7-10-4-2-3-5-12(10)16/h2-6,8,15H,7,19H2,1H3. The second-order valence-electron chi connectivity index (χ2n) is 4.52. The molecule has 0 aliphatic heterocycles. The molecule has 0 saturated carbocycles. The Hall–Kier alpha value is -1.45. The zero-order valence-corrected chi connectivity index (χ0v) is 11.2. The van der Waals surface area contributed by atoms with Gasteiger partial charge in [0.25, 0.3) is 0 Å². The average Bonchev–Trinajstić information content (AvgIpc) is 2.36. The summed E-state index contributed by atoms with van der Waals surface area (Å²) in [7, 11) is 0. The topological polar surface area (TPSA) is 26.0 Å². The van der Waals surface area contributed by atoms with Crippen LogP contribution in [0.2, 0.25) is 5.02 Å². The smallest absolute Gasteiger partial charge is 0.130 e. The van der Waals surface area contributed by atoms with E-state index in [2.05, 4.69) is 0 Å². The molecule has 2 aromatic carbocycles. The van der Waals surface area contributed by atoms with E-state index in [1.807, 2.05) is 18.2 Å². The van der Waals surface area contributed by atoms with Crippen LogP contribution in [0.3, 0.4) is 0 Å². The number of nitrogens with two attached hydrogens (primary N) is 1. The van der Waals surface area contributed by atoms with Crippen molar-refractivity contribution in [1.29, 1.82) is 0 Å². The van der Waals surface area contributed by atoms with E-state index in [-0.39, 0.29) is 0 Å². The van der Waals surface area contributed by atoms with Crippen LogP contribution in [0.5, 0.6) is 0 Å². The molecule has 0 bridgehead atoms. The highest BCUT2D eigenvalue weighted by atomic mass is 35.5. The fourth-order valence-electron chi connectivity index (χ4n) is 1.97. The van der Waals surface area contributed by atoms with Crippen molar-refractivity contribution in [2.24, 2.45) is 5.73 Å². The Morgan fingerprint density at radius 3 is 2.53 bits per heavy atom. The van der Waals surface area contributed by atoms with E-state index in [1.54, 1.807) is 13.0 Å². The summed E-state index contributed by atoms with van der Waals surface area (Å²) >= 11 is 6.04. The van der Waals surface area contributed by atoms with Gasteiger partial charge in [-0.15, -0.1) is 0 Å². The maximum atomic E-state index is 13.7. The molecule has 100 valence electrons. The lowest BCUT2D eigenvalue weighted by molar-refractivity contribution is 0.550. The van der Waals surface area contributed by atoms with Gasteiger partial charge in [0.1, 0.15) is 11.6 Å². The van der Waals surface area contributed by atoms with Crippen LogP contribution >= 0.6 is 11.6 Å². The van der Waals surface area contributed by atoms with Gasteiger partial charge in [0, 0.05) is 22.7 Å². The molecule has 0 aliphatic carbocycles. The van der Waals surface area contributed by atoms with Crippen molar-refractivity contribution >= 4 is 11.6 Å². The van der Waals surface area contributed by atoms with Gasteiger partial charge in [0.2, 0.25) is 0 Å². The largest absolute Gasteiger partial charge is 0.324 e. The van der Waals surface area contributed by atoms with Crippen molar-refractivity contribution in [3.8, 4) is 0 Å². The Morgan fingerprint density at radius 2 is 1.84 bits per heavy atom. The van der Waals surface area contributed by atoms with Crippen LogP contribution in [-0.4, -0.2) is 0 Å². The highest BCUT2D eigenvalue weighted by Crippen LogP contribution is 2.25. The number of benzene rings is 2. The Labute approximate surface area is 116 Å². The third-order valence-corrected chi connectivity index (χ3v) is 3.44. The molecule has 2 rings (SSSR count). The summed E-state index contributed by atoms with van der Waals surface area (Å²) in [5, 5.41) is 0.595. The molecule has 4 heteroatoms. The number of hydrogen-bond donors (Lipinski definition) is 1. The minimum atomic E-state index is -0.623. The Balaban J connectivity index is 2.28. The molecule has 0 spiro atoms. The molecule has 0 aliphatic rings. The van der Waals surface area contributed by atoms with Crippen LogP contribution in [0.15, 0.2) is 36.4 Å². The normalized spacial score (nSPS) is 12.5. The van der Waals surface area contributed by atoms with Crippen LogP contribution in [-0.2, 0) is 6.42 Å². The van der Waals surface area contributed by atoms with Crippen molar-refractivity contribution in [1.82, 2.24) is 0 Å². The molecule has 1 atom stereocenters. The predicted octanol–water partition coefficient (Wildman–Crippen LogP) is 4.17. The number of rotatable bonds is 3. The maximum absolute atomic E-state index is 13.7. The second-order valence-corrected chi connectivity index (χ2v) is 4.93. The quantitative estimate of drug-likeness (QED) is 0.898. The van der Waals surface area contributed by atoms with E-state index in [0.717, 1.165) is 11.6 Å². The number of aryl methyl sites for hydroxylation is 1. The molecule has 1 unspecified atom stereocenters. The van der Waals surface area contributed by atoms with E-state index in [9.17, 15) is 8.78 Å². The van der Waals surface area contributed by atoms with Crippen LogP contribution in [0.1, 0.15) is 22.7 Å². The molecule has 1 nitrogen and oxygen atoms in total. The lowest BCUT2D eigenvalue weighted by Gasteiger charge is -2.15. The van der Waals surface area contributed by atoms with Crippen LogP contribution in [0.25, 0.3) is 0 Å². The molecule has 0 amide bonds. The average molecular weight is 282 g/mol. The molecule has 2 N–H and O–H groups in total. The van der Waals surface area contributed by atoms with Crippen molar-refractivity contribution in [3.63, 3.8) is 0 Å². The van der Waals surface area contributed by atoms with Gasteiger partial charge in [0.15, 0.2) is 0 Å². The molecule has 2 aromatic rings. The molecule has 0 radical (unpaired) electrons. The second kappa shape index (κ2) is 5.68. The van der Waals surface area contributed by atoms with Crippen LogP contribution < -0.4 is 5.73 Å². The lowest BCUT2D eigenvalue weighted by Crippen LogP contribution is -2.16. The first kappa shape index (κ1) is 14.0. The van der Waals surface area contributed by atoms with Gasteiger partial charge in [-0.05, 0) is 36.6 Å². The van der Waals surface area contributed by atoms with Gasteiger partial charge in [-0.3, -0.25) is 0 Å². The SMILES string of the molecule is Cc1cc(C(N)Cc2ccccc2Cl)c(F)cc1F. The zero-order chi connectivity index (χ0) is 14.0. The molecule has 0 fully saturated rings. The lowest BCUT2D eigenvalue weighted by atomic mass is 9.97. The summed E-state index contributed by atoms with van der Waals surface area (Å²) in [5.41, 5.74) is 7.53. The molecule has 0 saturated heterocycles. The zero-order valence-electron chi connectivity index (χ0n) is 10.5. The van der Waals surface area contributed by atoms with Gasteiger partial charge >= 0.3 is 0 Å².